The van der Waals surface area contributed by atoms with Crippen LogP contribution in [-0.4, -0.2) is 33.6 Å². The van der Waals surface area contributed by atoms with Crippen LogP contribution in [0.4, 0.5) is 5.69 Å². The Morgan fingerprint density at radius 3 is 2.70 bits per heavy atom. The normalized spacial score (nSPS) is 19.2. The molecule has 1 amide bonds. The van der Waals surface area contributed by atoms with Crippen molar-refractivity contribution >= 4 is 45.1 Å². The molecule has 1 heterocycles. The Morgan fingerprint density at radius 2 is 1.85 bits per heavy atom. The molecule has 1 aliphatic carbocycles. The first-order valence-corrected chi connectivity index (χ1v) is 12.3. The fourth-order valence-corrected chi connectivity index (χ4v) is 5.78. The molecule has 33 heavy (non-hydrogen) atoms. The molecule has 5 heteroatoms. The van der Waals surface area contributed by atoms with Crippen LogP contribution in [-0.2, 0) is 17.6 Å². The van der Waals surface area contributed by atoms with Gasteiger partial charge in [-0.25, -0.2) is 4.99 Å². The van der Waals surface area contributed by atoms with Gasteiger partial charge in [-0.3, -0.25) is 14.5 Å². The van der Waals surface area contributed by atoms with Crippen molar-refractivity contribution in [1.29, 1.82) is 0 Å². The highest BCUT2D eigenvalue weighted by molar-refractivity contribution is 8.15. The van der Waals surface area contributed by atoms with Gasteiger partial charge in [-0.1, -0.05) is 66.4 Å². The van der Waals surface area contributed by atoms with Crippen LogP contribution in [0.3, 0.4) is 0 Å². The SMILES string of the molecule is C=CCN1C(=O)C(CC(=O)c2ccc3c(c2)CCCC3)SC1=Nc1cccc2ccccc12. The number of benzene rings is 3. The lowest BCUT2D eigenvalue weighted by Crippen LogP contribution is -2.32. The van der Waals surface area contributed by atoms with Gasteiger partial charge >= 0.3 is 0 Å². The fourth-order valence-electron chi connectivity index (χ4n) is 4.62. The summed E-state index contributed by atoms with van der Waals surface area (Å²) in [6.07, 6.45) is 6.38. The number of fused-ring (bicyclic) bond motifs is 2. The number of hydrogen-bond donors (Lipinski definition) is 0. The van der Waals surface area contributed by atoms with E-state index in [-0.39, 0.29) is 18.1 Å². The van der Waals surface area contributed by atoms with Gasteiger partial charge in [0.15, 0.2) is 11.0 Å². The maximum atomic E-state index is 13.2. The number of nitrogens with zero attached hydrogens (tertiary/aromatic N) is 2. The van der Waals surface area contributed by atoms with E-state index in [1.54, 1.807) is 11.0 Å². The molecule has 3 aromatic carbocycles. The van der Waals surface area contributed by atoms with Crippen LogP contribution < -0.4 is 0 Å². The maximum Gasteiger partial charge on any atom is 0.242 e. The molecular weight excluding hydrogens is 428 g/mol. The Morgan fingerprint density at radius 1 is 1.06 bits per heavy atom. The molecule has 0 radical (unpaired) electrons. The standard InChI is InChI=1S/C28H26N2O2S/c1-2-16-30-27(32)26(18-25(31)22-15-14-19-8-3-4-10-21(19)17-22)33-28(30)29-24-13-7-11-20-9-5-6-12-23(20)24/h2,5-7,9,11-15,17,26H,1,3-4,8,10,16,18H2. The van der Waals surface area contributed by atoms with Gasteiger partial charge < -0.3 is 0 Å². The first kappa shape index (κ1) is 21.7. The molecule has 4 nitrogen and oxygen atoms in total. The molecule has 1 saturated heterocycles. The molecule has 0 spiro atoms. The van der Waals surface area contributed by atoms with Crippen molar-refractivity contribution in [2.24, 2.45) is 4.99 Å². The largest absolute Gasteiger partial charge is 0.294 e. The molecular formula is C28H26N2O2S. The number of carbonyl (C=O) groups excluding carboxylic acids is 2. The van der Waals surface area contributed by atoms with Gasteiger partial charge in [0.1, 0.15) is 0 Å². The number of ketones is 1. The van der Waals surface area contributed by atoms with Gasteiger partial charge in [-0.05, 0) is 54.3 Å². The molecule has 1 aliphatic heterocycles. The van der Waals surface area contributed by atoms with E-state index in [4.69, 9.17) is 4.99 Å². The molecule has 0 aromatic heterocycles. The van der Waals surface area contributed by atoms with E-state index in [1.807, 2.05) is 54.6 Å². The summed E-state index contributed by atoms with van der Waals surface area (Å²) in [5, 5.41) is 2.29. The summed E-state index contributed by atoms with van der Waals surface area (Å²) in [5.74, 6) is -0.0654. The van der Waals surface area contributed by atoms with Crippen LogP contribution in [0.2, 0.25) is 0 Å². The van der Waals surface area contributed by atoms with Gasteiger partial charge in [0, 0.05) is 23.9 Å². The Kier molecular flexibility index (Phi) is 6.14. The smallest absolute Gasteiger partial charge is 0.242 e. The fraction of sp³-hybridized carbons (Fsp3) is 0.250. The van der Waals surface area contributed by atoms with E-state index in [0.29, 0.717) is 17.3 Å². The summed E-state index contributed by atoms with van der Waals surface area (Å²) in [5.41, 5.74) is 4.16. The van der Waals surface area contributed by atoms with Gasteiger partial charge in [0.25, 0.3) is 0 Å². The molecule has 2 aliphatic rings. The van der Waals surface area contributed by atoms with Crippen LogP contribution in [0, 0.1) is 0 Å². The first-order valence-electron chi connectivity index (χ1n) is 11.4. The molecule has 1 atom stereocenters. The van der Waals surface area contributed by atoms with Crippen molar-refractivity contribution in [3.63, 3.8) is 0 Å². The van der Waals surface area contributed by atoms with Crippen molar-refractivity contribution in [1.82, 2.24) is 4.90 Å². The molecule has 0 saturated carbocycles. The summed E-state index contributed by atoms with van der Waals surface area (Å²) >= 11 is 1.38. The first-order chi connectivity index (χ1) is 16.1. The second-order valence-electron chi connectivity index (χ2n) is 8.55. The number of aliphatic imine (C=N–C) groups is 1. The predicted molar refractivity (Wildman–Crippen MR) is 136 cm³/mol. The topological polar surface area (TPSA) is 49.7 Å². The highest BCUT2D eigenvalue weighted by Crippen LogP contribution is 2.34. The molecule has 1 fully saturated rings. The molecule has 5 rings (SSSR count). The van der Waals surface area contributed by atoms with Crippen LogP contribution in [0.25, 0.3) is 10.8 Å². The highest BCUT2D eigenvalue weighted by atomic mass is 32.2. The maximum absolute atomic E-state index is 13.2. The highest BCUT2D eigenvalue weighted by Gasteiger charge is 2.38. The molecule has 0 N–H and O–H groups in total. The summed E-state index contributed by atoms with van der Waals surface area (Å²) in [6, 6.07) is 20.1. The Hall–Kier alpha value is -3.18. The predicted octanol–water partition coefficient (Wildman–Crippen LogP) is 6.11. The zero-order valence-corrected chi connectivity index (χ0v) is 19.3. The number of thioether (sulfide) groups is 1. The van der Waals surface area contributed by atoms with Crippen LogP contribution >= 0.6 is 11.8 Å². The van der Waals surface area contributed by atoms with E-state index in [1.165, 1.54) is 35.7 Å². The lowest BCUT2D eigenvalue weighted by Gasteiger charge is -2.16. The van der Waals surface area contributed by atoms with Crippen molar-refractivity contribution in [2.45, 2.75) is 37.4 Å². The number of amidine groups is 1. The molecule has 1 unspecified atom stereocenters. The van der Waals surface area contributed by atoms with E-state index in [0.717, 1.165) is 29.3 Å². The minimum absolute atomic E-state index is 0.0131. The zero-order valence-electron chi connectivity index (χ0n) is 18.5. The Bertz CT molecular complexity index is 1270. The van der Waals surface area contributed by atoms with Crippen LogP contribution in [0.5, 0.6) is 0 Å². The summed E-state index contributed by atoms with van der Waals surface area (Å²) in [4.78, 5) is 32.8. The van der Waals surface area contributed by atoms with Crippen LogP contribution in [0.1, 0.15) is 40.7 Å². The van der Waals surface area contributed by atoms with Crippen molar-refractivity contribution < 1.29 is 9.59 Å². The monoisotopic (exact) mass is 454 g/mol. The second-order valence-corrected chi connectivity index (χ2v) is 9.72. The summed E-state index contributed by atoms with van der Waals surface area (Å²) < 4.78 is 0. The van der Waals surface area contributed by atoms with Crippen molar-refractivity contribution in [3.05, 3.63) is 90.0 Å². The minimum Gasteiger partial charge on any atom is -0.294 e. The third kappa shape index (κ3) is 4.38. The third-order valence-corrected chi connectivity index (χ3v) is 7.53. The van der Waals surface area contributed by atoms with E-state index >= 15 is 0 Å². The van der Waals surface area contributed by atoms with Gasteiger partial charge in [0.05, 0.1) is 10.9 Å². The summed E-state index contributed by atoms with van der Waals surface area (Å²) in [7, 11) is 0. The van der Waals surface area contributed by atoms with E-state index < -0.39 is 5.25 Å². The van der Waals surface area contributed by atoms with Gasteiger partial charge in [-0.15, -0.1) is 6.58 Å². The molecule has 0 bridgehead atoms. The molecule has 3 aromatic rings. The van der Waals surface area contributed by atoms with Gasteiger partial charge in [0.2, 0.25) is 5.91 Å². The van der Waals surface area contributed by atoms with Crippen molar-refractivity contribution in [2.75, 3.05) is 6.54 Å². The number of rotatable bonds is 6. The minimum atomic E-state index is -0.470. The second kappa shape index (κ2) is 9.36. The number of amides is 1. The number of hydrogen-bond acceptors (Lipinski definition) is 4. The average Bonchev–Trinajstić information content (AvgIpc) is 3.13. The number of Topliss-reactive ketones (excluding diaryl/α,β-unsaturated/α-hetero) is 1. The van der Waals surface area contributed by atoms with E-state index in [2.05, 4.69) is 12.6 Å². The summed E-state index contributed by atoms with van der Waals surface area (Å²) in [6.45, 7) is 4.17. The number of carbonyl (C=O) groups is 2. The molecule has 166 valence electrons. The van der Waals surface area contributed by atoms with Crippen molar-refractivity contribution in [3.8, 4) is 0 Å². The van der Waals surface area contributed by atoms with Gasteiger partial charge in [-0.2, -0.15) is 0 Å². The lowest BCUT2D eigenvalue weighted by atomic mass is 9.89. The lowest BCUT2D eigenvalue weighted by molar-refractivity contribution is -0.125. The average molecular weight is 455 g/mol. The third-order valence-electron chi connectivity index (χ3n) is 6.36. The van der Waals surface area contributed by atoms with Crippen LogP contribution in [0.15, 0.2) is 78.3 Å². The number of aryl methyl sites for hydroxylation is 2. The Labute approximate surface area is 198 Å². The quantitative estimate of drug-likeness (QED) is 0.334. The zero-order chi connectivity index (χ0) is 22.8. The van der Waals surface area contributed by atoms with E-state index in [9.17, 15) is 9.59 Å². The Balaban J connectivity index is 1.40.